The molecule has 0 saturated heterocycles. The molecule has 2 rings (SSSR count). The van der Waals surface area contributed by atoms with Crippen molar-refractivity contribution in [2.75, 3.05) is 0 Å². The maximum absolute atomic E-state index is 13.2. The lowest BCUT2D eigenvalue weighted by Crippen LogP contribution is -2.22. The summed E-state index contributed by atoms with van der Waals surface area (Å²) in [5.74, 6) is 1.41. The van der Waals surface area contributed by atoms with Gasteiger partial charge in [-0.05, 0) is 36.8 Å². The number of furan rings is 1. The van der Waals surface area contributed by atoms with Crippen LogP contribution in [0, 0.1) is 5.82 Å². The molecule has 0 radical (unpaired) electrons. The van der Waals surface area contributed by atoms with Crippen molar-refractivity contribution in [1.82, 2.24) is 0 Å². The van der Waals surface area contributed by atoms with Crippen molar-refractivity contribution in [1.29, 1.82) is 0 Å². The van der Waals surface area contributed by atoms with Crippen molar-refractivity contribution in [3.8, 4) is 0 Å². The van der Waals surface area contributed by atoms with Gasteiger partial charge in [-0.3, -0.25) is 0 Å². The van der Waals surface area contributed by atoms with Crippen LogP contribution >= 0.6 is 11.8 Å². The topological polar surface area (TPSA) is 39.2 Å². The highest BCUT2D eigenvalue weighted by atomic mass is 32.2. The summed E-state index contributed by atoms with van der Waals surface area (Å²) in [6.45, 7) is 1.94. The first-order chi connectivity index (χ1) is 8.66. The minimum atomic E-state index is -0.225. The van der Waals surface area contributed by atoms with Crippen molar-refractivity contribution >= 4 is 11.8 Å². The molecule has 18 heavy (non-hydrogen) atoms. The molecule has 1 aromatic heterocycles. The molecule has 0 bridgehead atoms. The van der Waals surface area contributed by atoms with Gasteiger partial charge in [-0.15, -0.1) is 11.8 Å². The second kappa shape index (κ2) is 6.07. The third-order valence-corrected chi connectivity index (χ3v) is 4.15. The number of nitrogens with two attached hydrogens (primary N) is 1. The lowest BCUT2D eigenvalue weighted by molar-refractivity contribution is 0.530. The Morgan fingerprint density at radius 1 is 1.33 bits per heavy atom. The van der Waals surface area contributed by atoms with E-state index >= 15 is 0 Å². The van der Waals surface area contributed by atoms with Gasteiger partial charge in [0, 0.05) is 11.3 Å². The van der Waals surface area contributed by atoms with Crippen LogP contribution in [-0.4, -0.2) is 6.04 Å². The van der Waals surface area contributed by atoms with Gasteiger partial charge in [-0.2, -0.15) is 0 Å². The zero-order valence-electron chi connectivity index (χ0n) is 10.2. The fourth-order valence-corrected chi connectivity index (χ4v) is 2.95. The second-order valence-electron chi connectivity index (χ2n) is 4.23. The number of thioether (sulfide) groups is 1. The highest BCUT2D eigenvalue weighted by molar-refractivity contribution is 7.98. The largest absolute Gasteiger partial charge is 0.468 e. The maximum atomic E-state index is 13.2. The molecule has 1 aromatic carbocycles. The normalized spacial score (nSPS) is 14.4. The van der Waals surface area contributed by atoms with Crippen LogP contribution in [-0.2, 0) is 5.75 Å². The Morgan fingerprint density at radius 3 is 2.78 bits per heavy atom. The van der Waals surface area contributed by atoms with Gasteiger partial charge in [0.1, 0.15) is 11.6 Å². The van der Waals surface area contributed by atoms with E-state index in [0.29, 0.717) is 0 Å². The molecule has 96 valence electrons. The first kappa shape index (κ1) is 13.2. The summed E-state index contributed by atoms with van der Waals surface area (Å²) in [6.07, 6.45) is 1.65. The van der Waals surface area contributed by atoms with Gasteiger partial charge in [-0.25, -0.2) is 4.39 Å². The maximum Gasteiger partial charge on any atom is 0.123 e. The molecule has 2 atom stereocenters. The summed E-state index contributed by atoms with van der Waals surface area (Å²) >= 11 is 1.66. The summed E-state index contributed by atoms with van der Waals surface area (Å²) in [7, 11) is 0. The van der Waals surface area contributed by atoms with E-state index in [1.54, 1.807) is 30.2 Å². The SMILES string of the molecule is CC(N)C(SCc1ccco1)c1cccc(F)c1. The molecule has 2 nitrogen and oxygen atoms in total. The van der Waals surface area contributed by atoms with E-state index in [4.69, 9.17) is 10.2 Å². The first-order valence-corrected chi connectivity index (χ1v) is 6.86. The van der Waals surface area contributed by atoms with Gasteiger partial charge in [0.2, 0.25) is 0 Å². The molecule has 0 fully saturated rings. The smallest absolute Gasteiger partial charge is 0.123 e. The summed E-state index contributed by atoms with van der Waals surface area (Å²) in [4.78, 5) is 0. The Labute approximate surface area is 110 Å². The van der Waals surface area contributed by atoms with Crippen molar-refractivity contribution in [3.05, 3.63) is 59.8 Å². The van der Waals surface area contributed by atoms with E-state index in [2.05, 4.69) is 0 Å². The Bertz CT molecular complexity index is 484. The third-order valence-electron chi connectivity index (χ3n) is 2.64. The van der Waals surface area contributed by atoms with E-state index in [1.165, 1.54) is 6.07 Å². The predicted octanol–water partition coefficient (Wildman–Crippen LogP) is 3.74. The quantitative estimate of drug-likeness (QED) is 0.895. The highest BCUT2D eigenvalue weighted by Gasteiger charge is 2.17. The molecule has 0 saturated carbocycles. The molecule has 0 spiro atoms. The van der Waals surface area contributed by atoms with Crippen molar-refractivity contribution in [2.24, 2.45) is 5.73 Å². The zero-order valence-corrected chi connectivity index (χ0v) is 11.0. The predicted molar refractivity (Wildman–Crippen MR) is 72.8 cm³/mol. The van der Waals surface area contributed by atoms with E-state index in [1.807, 2.05) is 25.1 Å². The molecule has 0 aliphatic rings. The van der Waals surface area contributed by atoms with E-state index < -0.39 is 0 Å². The molecular weight excluding hydrogens is 249 g/mol. The molecule has 1 heterocycles. The van der Waals surface area contributed by atoms with Crippen LogP contribution in [0.4, 0.5) is 4.39 Å². The molecule has 2 N–H and O–H groups in total. The van der Waals surface area contributed by atoms with Gasteiger partial charge in [0.15, 0.2) is 0 Å². The van der Waals surface area contributed by atoms with Gasteiger partial charge in [-0.1, -0.05) is 12.1 Å². The van der Waals surface area contributed by atoms with Crippen molar-refractivity contribution < 1.29 is 8.81 Å². The molecule has 2 aromatic rings. The minimum absolute atomic E-state index is 0.0493. The third kappa shape index (κ3) is 3.37. The fraction of sp³-hybridized carbons (Fsp3) is 0.286. The van der Waals surface area contributed by atoms with Crippen LogP contribution in [0.2, 0.25) is 0 Å². The average Bonchev–Trinajstić information content (AvgIpc) is 2.82. The number of halogens is 1. The summed E-state index contributed by atoms with van der Waals surface area (Å²) < 4.78 is 18.5. The van der Waals surface area contributed by atoms with Crippen LogP contribution < -0.4 is 5.73 Å². The lowest BCUT2D eigenvalue weighted by atomic mass is 10.1. The van der Waals surface area contributed by atoms with E-state index in [-0.39, 0.29) is 17.1 Å². The number of benzene rings is 1. The summed E-state index contributed by atoms with van der Waals surface area (Å²) in [5.41, 5.74) is 6.90. The lowest BCUT2D eigenvalue weighted by Gasteiger charge is -2.20. The van der Waals surface area contributed by atoms with Crippen molar-refractivity contribution in [3.63, 3.8) is 0 Å². The first-order valence-electron chi connectivity index (χ1n) is 5.82. The van der Waals surface area contributed by atoms with Crippen LogP contribution in [0.25, 0.3) is 0 Å². The molecule has 2 unspecified atom stereocenters. The molecule has 4 heteroatoms. The van der Waals surface area contributed by atoms with E-state index in [0.717, 1.165) is 17.1 Å². The number of rotatable bonds is 5. The van der Waals surface area contributed by atoms with Crippen molar-refractivity contribution in [2.45, 2.75) is 24.0 Å². The highest BCUT2D eigenvalue weighted by Crippen LogP contribution is 2.34. The van der Waals surface area contributed by atoms with E-state index in [9.17, 15) is 4.39 Å². The van der Waals surface area contributed by atoms with Crippen LogP contribution in [0.15, 0.2) is 47.1 Å². The Hall–Kier alpha value is -1.26. The summed E-state index contributed by atoms with van der Waals surface area (Å²) in [6, 6.07) is 10.4. The number of hydrogen-bond donors (Lipinski definition) is 1. The fourth-order valence-electron chi connectivity index (χ4n) is 1.80. The molecular formula is C14H16FNOS. The van der Waals surface area contributed by atoms with Gasteiger partial charge in [0.25, 0.3) is 0 Å². The van der Waals surface area contributed by atoms with Crippen LogP contribution in [0.5, 0.6) is 0 Å². The number of hydrogen-bond acceptors (Lipinski definition) is 3. The van der Waals surface area contributed by atoms with Crippen LogP contribution in [0.1, 0.15) is 23.5 Å². The second-order valence-corrected chi connectivity index (χ2v) is 5.35. The van der Waals surface area contributed by atoms with Gasteiger partial charge in [0.05, 0.1) is 12.0 Å². The van der Waals surface area contributed by atoms with Gasteiger partial charge < -0.3 is 10.2 Å². The average molecular weight is 265 g/mol. The molecule has 0 aliphatic heterocycles. The monoisotopic (exact) mass is 265 g/mol. The zero-order chi connectivity index (χ0) is 13.0. The summed E-state index contributed by atoms with van der Waals surface area (Å²) in [5, 5.41) is 0.0609. The molecule has 0 amide bonds. The van der Waals surface area contributed by atoms with Crippen LogP contribution in [0.3, 0.4) is 0 Å². The Kier molecular flexibility index (Phi) is 4.44. The minimum Gasteiger partial charge on any atom is -0.468 e. The Morgan fingerprint density at radius 2 is 2.17 bits per heavy atom. The Balaban J connectivity index is 2.08. The van der Waals surface area contributed by atoms with Gasteiger partial charge >= 0.3 is 0 Å². The molecule has 0 aliphatic carbocycles. The standard InChI is InChI=1S/C14H16FNOS/c1-10(16)14(11-4-2-5-12(15)8-11)18-9-13-6-3-7-17-13/h2-8,10,14H,9,16H2,1H3.